The summed E-state index contributed by atoms with van der Waals surface area (Å²) in [5, 5.41) is 11.0. The minimum Gasteiger partial charge on any atom is -0.279 e. The van der Waals surface area contributed by atoms with Crippen molar-refractivity contribution in [3.8, 4) is 0 Å². The van der Waals surface area contributed by atoms with Gasteiger partial charge in [0.25, 0.3) is 5.69 Å². The van der Waals surface area contributed by atoms with Crippen molar-refractivity contribution in [3.05, 3.63) is 75.8 Å². The van der Waals surface area contributed by atoms with Crippen molar-refractivity contribution >= 4 is 5.69 Å². The zero-order chi connectivity index (χ0) is 17.9. The third-order valence-corrected chi connectivity index (χ3v) is 6.10. The van der Waals surface area contributed by atoms with Crippen LogP contribution >= 0.6 is 0 Å². The summed E-state index contributed by atoms with van der Waals surface area (Å²) in [5.74, 6) is 0. The van der Waals surface area contributed by atoms with Crippen molar-refractivity contribution in [2.45, 2.75) is 44.4 Å². The quantitative estimate of drug-likeness (QED) is 0.647. The lowest BCUT2D eigenvalue weighted by Crippen LogP contribution is -3.35. The third kappa shape index (κ3) is 3.50. The molecule has 5 nitrogen and oxygen atoms in total. The van der Waals surface area contributed by atoms with Gasteiger partial charge in [-0.1, -0.05) is 30.3 Å². The number of fused-ring (bicyclic) bond motifs is 1. The molecule has 136 valence electrons. The van der Waals surface area contributed by atoms with Gasteiger partial charge in [-0.25, -0.2) is 0 Å². The van der Waals surface area contributed by atoms with Crippen LogP contribution in [0.2, 0.25) is 0 Å². The first-order chi connectivity index (χ1) is 12.7. The van der Waals surface area contributed by atoms with E-state index < -0.39 is 0 Å². The first kappa shape index (κ1) is 17.2. The van der Waals surface area contributed by atoms with Gasteiger partial charge >= 0.3 is 0 Å². The number of piperidine rings is 1. The van der Waals surface area contributed by atoms with Gasteiger partial charge in [-0.2, -0.15) is 0 Å². The fraction of sp³-hybridized carbons (Fsp3) is 0.429. The second-order valence-electron chi connectivity index (χ2n) is 7.66. The summed E-state index contributed by atoms with van der Waals surface area (Å²) in [6, 6.07) is 18.7. The standard InChI is InChI=1S/C21H25N3O2/c25-24(26)20-11-9-18(10-12-20)21-22(16-17-6-2-1-3-7-17)15-13-19-8-4-5-14-23(19)21/h1-3,6-7,9-12,19,21H,4-5,8,13-16H2/p+2/t19-,21-/m1/s1. The second kappa shape index (κ2) is 7.56. The lowest BCUT2D eigenvalue weighted by Gasteiger charge is -2.45. The maximum absolute atomic E-state index is 11.0. The van der Waals surface area contributed by atoms with Gasteiger partial charge in [-0.15, -0.1) is 0 Å². The van der Waals surface area contributed by atoms with Gasteiger partial charge in [0.1, 0.15) is 6.54 Å². The van der Waals surface area contributed by atoms with Gasteiger partial charge in [0.05, 0.1) is 29.6 Å². The molecule has 2 aromatic carbocycles. The number of non-ortho nitro benzene ring substituents is 1. The van der Waals surface area contributed by atoms with Crippen LogP contribution in [0.4, 0.5) is 5.69 Å². The molecule has 2 unspecified atom stereocenters. The Kier molecular flexibility index (Phi) is 5.00. The van der Waals surface area contributed by atoms with Crippen LogP contribution in [0, 0.1) is 10.1 Å². The normalized spacial score (nSPS) is 28.3. The van der Waals surface area contributed by atoms with Crippen molar-refractivity contribution in [2.75, 3.05) is 13.1 Å². The van der Waals surface area contributed by atoms with E-state index in [1.807, 2.05) is 12.1 Å². The van der Waals surface area contributed by atoms with Crippen molar-refractivity contribution in [1.82, 2.24) is 0 Å². The van der Waals surface area contributed by atoms with Crippen LogP contribution in [0.1, 0.15) is 43.0 Å². The molecule has 2 heterocycles. The fourth-order valence-electron chi connectivity index (χ4n) is 4.87. The number of nitro benzene ring substituents is 1. The number of nitrogens with zero attached hydrogens (tertiary/aromatic N) is 1. The maximum atomic E-state index is 11.0. The molecule has 2 aliphatic rings. The summed E-state index contributed by atoms with van der Waals surface area (Å²) in [6.07, 6.45) is 5.59. The van der Waals surface area contributed by atoms with Crippen LogP contribution in [0.15, 0.2) is 54.6 Å². The summed E-state index contributed by atoms with van der Waals surface area (Å²) in [7, 11) is 0. The molecular weight excluding hydrogens is 326 g/mol. The molecule has 2 aromatic rings. The summed E-state index contributed by atoms with van der Waals surface area (Å²) in [4.78, 5) is 14.0. The summed E-state index contributed by atoms with van der Waals surface area (Å²) >= 11 is 0. The zero-order valence-electron chi connectivity index (χ0n) is 15.1. The van der Waals surface area contributed by atoms with Crippen LogP contribution < -0.4 is 9.80 Å². The van der Waals surface area contributed by atoms with Crippen LogP contribution in [0.25, 0.3) is 0 Å². The number of rotatable bonds is 4. The molecule has 2 N–H and O–H groups in total. The Morgan fingerprint density at radius 2 is 1.73 bits per heavy atom. The molecular formula is C21H27N3O2+2. The Bertz CT molecular complexity index is 748. The highest BCUT2D eigenvalue weighted by Crippen LogP contribution is 2.18. The molecule has 0 aromatic heterocycles. The highest BCUT2D eigenvalue weighted by atomic mass is 16.6. The molecule has 2 aliphatic heterocycles. The largest absolute Gasteiger partial charge is 0.279 e. The topological polar surface area (TPSA) is 52.0 Å². The highest BCUT2D eigenvalue weighted by Gasteiger charge is 2.44. The summed E-state index contributed by atoms with van der Waals surface area (Å²) in [5.41, 5.74) is 2.78. The molecule has 4 rings (SSSR count). The van der Waals surface area contributed by atoms with E-state index in [4.69, 9.17) is 0 Å². The van der Waals surface area contributed by atoms with Crippen LogP contribution in [-0.2, 0) is 6.54 Å². The Morgan fingerprint density at radius 1 is 0.962 bits per heavy atom. The lowest BCUT2D eigenvalue weighted by molar-refractivity contribution is -1.17. The van der Waals surface area contributed by atoms with Crippen molar-refractivity contribution in [1.29, 1.82) is 0 Å². The first-order valence-corrected chi connectivity index (χ1v) is 9.71. The van der Waals surface area contributed by atoms with Crippen molar-refractivity contribution in [3.63, 3.8) is 0 Å². The number of benzene rings is 2. The van der Waals surface area contributed by atoms with Gasteiger partial charge in [-0.05, 0) is 25.0 Å². The Balaban J connectivity index is 1.64. The SMILES string of the molecule is O=[N+]([O-])c1ccc([C@@H]2[NH+](Cc3ccccc3)CC[C@H]3CCCC[NH+]32)cc1. The molecule has 4 atom stereocenters. The number of hydrogen-bond donors (Lipinski definition) is 2. The highest BCUT2D eigenvalue weighted by molar-refractivity contribution is 5.33. The van der Waals surface area contributed by atoms with Gasteiger partial charge < -0.3 is 0 Å². The first-order valence-electron chi connectivity index (χ1n) is 9.71. The van der Waals surface area contributed by atoms with Gasteiger partial charge in [0, 0.05) is 30.5 Å². The van der Waals surface area contributed by atoms with E-state index in [0.29, 0.717) is 6.17 Å². The van der Waals surface area contributed by atoms with Gasteiger partial charge in [0.2, 0.25) is 6.17 Å². The summed E-state index contributed by atoms with van der Waals surface area (Å²) < 4.78 is 0. The molecule has 0 aliphatic carbocycles. The average Bonchev–Trinajstić information content (AvgIpc) is 2.69. The Morgan fingerprint density at radius 3 is 2.46 bits per heavy atom. The Hall–Kier alpha value is -2.24. The van der Waals surface area contributed by atoms with Gasteiger partial charge in [-0.3, -0.25) is 19.9 Å². The molecule has 0 radical (unpaired) electrons. The number of nitro groups is 1. The number of nitrogens with one attached hydrogen (secondary N) is 2. The average molecular weight is 353 g/mol. The van der Waals surface area contributed by atoms with Gasteiger partial charge in [0.15, 0.2) is 0 Å². The van der Waals surface area contributed by atoms with E-state index >= 15 is 0 Å². The van der Waals surface area contributed by atoms with Crippen LogP contribution in [0.5, 0.6) is 0 Å². The molecule has 0 spiro atoms. The van der Waals surface area contributed by atoms with E-state index in [-0.39, 0.29) is 10.6 Å². The fourth-order valence-corrected chi connectivity index (χ4v) is 4.87. The predicted molar refractivity (Wildman–Crippen MR) is 99.9 cm³/mol. The Labute approximate surface area is 154 Å². The molecule has 0 saturated carbocycles. The van der Waals surface area contributed by atoms with Crippen LogP contribution in [0.3, 0.4) is 0 Å². The molecule has 26 heavy (non-hydrogen) atoms. The molecule has 2 fully saturated rings. The smallest absolute Gasteiger partial charge is 0.269 e. The molecule has 0 bridgehead atoms. The molecule has 2 saturated heterocycles. The second-order valence-corrected chi connectivity index (χ2v) is 7.66. The number of hydrogen-bond acceptors (Lipinski definition) is 2. The lowest BCUT2D eigenvalue weighted by atomic mass is 9.93. The predicted octanol–water partition coefficient (Wildman–Crippen LogP) is 1.52. The van der Waals surface area contributed by atoms with E-state index in [0.717, 1.165) is 12.6 Å². The third-order valence-electron chi connectivity index (χ3n) is 6.10. The van der Waals surface area contributed by atoms with E-state index in [1.54, 1.807) is 21.9 Å². The summed E-state index contributed by atoms with van der Waals surface area (Å²) in [6.45, 7) is 3.40. The van der Waals surface area contributed by atoms with Crippen molar-refractivity contribution < 1.29 is 14.7 Å². The van der Waals surface area contributed by atoms with Crippen LogP contribution in [-0.4, -0.2) is 24.1 Å². The van der Waals surface area contributed by atoms with E-state index in [1.165, 1.54) is 49.9 Å². The monoisotopic (exact) mass is 353 g/mol. The maximum Gasteiger partial charge on any atom is 0.269 e. The molecule has 0 amide bonds. The number of quaternary nitrogens is 2. The molecule has 5 heteroatoms. The van der Waals surface area contributed by atoms with E-state index in [2.05, 4.69) is 30.3 Å². The minimum absolute atomic E-state index is 0.180. The van der Waals surface area contributed by atoms with Crippen molar-refractivity contribution in [2.24, 2.45) is 0 Å². The zero-order valence-corrected chi connectivity index (χ0v) is 15.1. The van der Waals surface area contributed by atoms with E-state index in [9.17, 15) is 10.1 Å². The minimum atomic E-state index is -0.310.